The van der Waals surface area contributed by atoms with Gasteiger partial charge in [-0.15, -0.1) is 6.58 Å². The number of anilines is 1. The summed E-state index contributed by atoms with van der Waals surface area (Å²) in [5.74, 6) is -0.313. The van der Waals surface area contributed by atoms with E-state index in [0.717, 1.165) is 25.1 Å². The number of nitrogens with one attached hydrogen (secondary N) is 1. The Morgan fingerprint density at radius 2 is 2.29 bits per heavy atom. The van der Waals surface area contributed by atoms with Crippen molar-refractivity contribution in [3.05, 3.63) is 41.7 Å². The van der Waals surface area contributed by atoms with Crippen molar-refractivity contribution in [2.45, 2.75) is 12.8 Å². The van der Waals surface area contributed by atoms with Gasteiger partial charge in [-0.05, 0) is 31.0 Å². The van der Waals surface area contributed by atoms with Crippen LogP contribution in [-0.2, 0) is 0 Å². The minimum atomic E-state index is -0.313. The molecular formula is C11H13ClFN. The summed E-state index contributed by atoms with van der Waals surface area (Å²) in [6.07, 6.45) is 3.83. The maximum atomic E-state index is 12.7. The quantitative estimate of drug-likeness (QED) is 0.579. The van der Waals surface area contributed by atoms with E-state index in [1.807, 2.05) is 6.08 Å². The highest BCUT2D eigenvalue weighted by molar-refractivity contribution is 6.33. The molecule has 0 unspecified atom stereocenters. The third-order valence-corrected chi connectivity index (χ3v) is 2.14. The van der Waals surface area contributed by atoms with Crippen LogP contribution in [0.1, 0.15) is 12.8 Å². The largest absolute Gasteiger partial charge is 0.384 e. The third-order valence-electron chi connectivity index (χ3n) is 1.83. The fraction of sp³-hybridized carbons (Fsp3) is 0.273. The van der Waals surface area contributed by atoms with Crippen molar-refractivity contribution in [3.63, 3.8) is 0 Å². The fourth-order valence-electron chi connectivity index (χ4n) is 1.10. The van der Waals surface area contributed by atoms with Crippen LogP contribution in [0.5, 0.6) is 0 Å². The highest BCUT2D eigenvalue weighted by Crippen LogP contribution is 2.22. The van der Waals surface area contributed by atoms with Crippen molar-refractivity contribution in [1.82, 2.24) is 0 Å². The van der Waals surface area contributed by atoms with E-state index in [-0.39, 0.29) is 5.82 Å². The molecule has 14 heavy (non-hydrogen) atoms. The summed E-state index contributed by atoms with van der Waals surface area (Å²) in [7, 11) is 0. The number of unbranched alkanes of at least 4 members (excludes halogenated alkanes) is 1. The van der Waals surface area contributed by atoms with Crippen molar-refractivity contribution >= 4 is 17.3 Å². The molecule has 0 atom stereocenters. The molecule has 0 aromatic heterocycles. The zero-order valence-electron chi connectivity index (χ0n) is 7.89. The molecule has 0 aliphatic rings. The van der Waals surface area contributed by atoms with Crippen LogP contribution in [-0.4, -0.2) is 6.54 Å². The van der Waals surface area contributed by atoms with Gasteiger partial charge in [0.1, 0.15) is 5.82 Å². The number of hydrogen-bond acceptors (Lipinski definition) is 1. The molecule has 0 aliphatic carbocycles. The summed E-state index contributed by atoms with van der Waals surface area (Å²) < 4.78 is 12.7. The molecule has 0 radical (unpaired) electrons. The summed E-state index contributed by atoms with van der Waals surface area (Å²) in [5.41, 5.74) is 0.775. The maximum absolute atomic E-state index is 12.7. The number of rotatable bonds is 5. The molecule has 1 aromatic carbocycles. The van der Waals surface area contributed by atoms with Crippen LogP contribution in [0.15, 0.2) is 30.9 Å². The number of hydrogen-bond donors (Lipinski definition) is 1. The molecule has 0 fully saturated rings. The van der Waals surface area contributed by atoms with Gasteiger partial charge in [-0.1, -0.05) is 17.7 Å². The van der Waals surface area contributed by atoms with Gasteiger partial charge in [-0.2, -0.15) is 0 Å². The van der Waals surface area contributed by atoms with E-state index in [9.17, 15) is 4.39 Å². The average Bonchev–Trinajstić information content (AvgIpc) is 2.15. The van der Waals surface area contributed by atoms with E-state index in [0.29, 0.717) is 5.02 Å². The van der Waals surface area contributed by atoms with Crippen LogP contribution in [0.25, 0.3) is 0 Å². The molecule has 3 heteroatoms. The van der Waals surface area contributed by atoms with Crippen molar-refractivity contribution in [1.29, 1.82) is 0 Å². The second-order valence-electron chi connectivity index (χ2n) is 2.98. The van der Waals surface area contributed by atoms with Crippen LogP contribution >= 0.6 is 11.6 Å². The van der Waals surface area contributed by atoms with Crippen molar-refractivity contribution in [2.24, 2.45) is 0 Å². The summed E-state index contributed by atoms with van der Waals surface area (Å²) in [4.78, 5) is 0. The normalized spacial score (nSPS) is 9.86. The Labute approximate surface area is 88.6 Å². The average molecular weight is 214 g/mol. The standard InChI is InChI=1S/C11H13ClFN/c1-2-3-4-7-14-11-6-5-9(13)8-10(11)12/h2,5-6,8,14H,1,3-4,7H2. The summed E-state index contributed by atoms with van der Waals surface area (Å²) >= 11 is 5.82. The first kappa shape index (κ1) is 11.1. The van der Waals surface area contributed by atoms with E-state index in [1.165, 1.54) is 12.1 Å². The second kappa shape index (κ2) is 5.66. The Kier molecular flexibility index (Phi) is 4.47. The fourth-order valence-corrected chi connectivity index (χ4v) is 1.34. The zero-order valence-corrected chi connectivity index (χ0v) is 8.65. The number of benzene rings is 1. The molecule has 1 N–H and O–H groups in total. The van der Waals surface area contributed by atoms with Gasteiger partial charge in [0, 0.05) is 6.54 Å². The van der Waals surface area contributed by atoms with E-state index in [4.69, 9.17) is 11.6 Å². The van der Waals surface area contributed by atoms with Gasteiger partial charge < -0.3 is 5.32 Å². The smallest absolute Gasteiger partial charge is 0.124 e. The van der Waals surface area contributed by atoms with Crippen LogP contribution in [0.3, 0.4) is 0 Å². The van der Waals surface area contributed by atoms with Gasteiger partial charge in [-0.3, -0.25) is 0 Å². The predicted molar refractivity (Wildman–Crippen MR) is 59.3 cm³/mol. The molecule has 1 aromatic rings. The SMILES string of the molecule is C=CCCCNc1ccc(F)cc1Cl. The van der Waals surface area contributed by atoms with Gasteiger partial charge in [-0.25, -0.2) is 4.39 Å². The van der Waals surface area contributed by atoms with Gasteiger partial charge in [0.05, 0.1) is 10.7 Å². The molecule has 0 aliphatic heterocycles. The van der Waals surface area contributed by atoms with Crippen molar-refractivity contribution in [3.8, 4) is 0 Å². The molecule has 0 heterocycles. The van der Waals surface area contributed by atoms with Gasteiger partial charge in [0.25, 0.3) is 0 Å². The highest BCUT2D eigenvalue weighted by atomic mass is 35.5. The number of halogens is 2. The van der Waals surface area contributed by atoms with Crippen LogP contribution < -0.4 is 5.32 Å². The Hall–Kier alpha value is -1.02. The lowest BCUT2D eigenvalue weighted by Gasteiger charge is -2.07. The van der Waals surface area contributed by atoms with E-state index >= 15 is 0 Å². The molecule has 76 valence electrons. The van der Waals surface area contributed by atoms with E-state index in [1.54, 1.807) is 6.07 Å². The monoisotopic (exact) mass is 213 g/mol. The molecule has 0 saturated carbocycles. The lowest BCUT2D eigenvalue weighted by molar-refractivity contribution is 0.628. The van der Waals surface area contributed by atoms with Gasteiger partial charge in [0.15, 0.2) is 0 Å². The first-order valence-corrected chi connectivity index (χ1v) is 4.91. The Morgan fingerprint density at radius 3 is 2.93 bits per heavy atom. The Bertz CT molecular complexity index is 312. The Morgan fingerprint density at radius 1 is 1.50 bits per heavy atom. The molecule has 1 rings (SSSR count). The lowest BCUT2D eigenvalue weighted by Crippen LogP contribution is -2.01. The first-order chi connectivity index (χ1) is 6.74. The minimum absolute atomic E-state index is 0.313. The molecule has 1 nitrogen and oxygen atoms in total. The highest BCUT2D eigenvalue weighted by Gasteiger charge is 1.99. The van der Waals surface area contributed by atoms with Gasteiger partial charge in [0.2, 0.25) is 0 Å². The summed E-state index contributed by atoms with van der Waals surface area (Å²) in [6, 6.07) is 4.34. The lowest BCUT2D eigenvalue weighted by atomic mass is 10.2. The predicted octanol–water partition coefficient (Wildman–Crippen LogP) is 3.86. The summed E-state index contributed by atoms with van der Waals surface area (Å²) in [5, 5.41) is 3.55. The zero-order chi connectivity index (χ0) is 10.4. The molecule has 0 amide bonds. The summed E-state index contributed by atoms with van der Waals surface area (Å²) in [6.45, 7) is 4.45. The molecule has 0 bridgehead atoms. The van der Waals surface area contributed by atoms with Crippen molar-refractivity contribution in [2.75, 3.05) is 11.9 Å². The maximum Gasteiger partial charge on any atom is 0.124 e. The van der Waals surface area contributed by atoms with Gasteiger partial charge >= 0.3 is 0 Å². The molecule has 0 spiro atoms. The van der Waals surface area contributed by atoms with Crippen LogP contribution in [0, 0.1) is 5.82 Å². The first-order valence-electron chi connectivity index (χ1n) is 4.54. The third kappa shape index (κ3) is 3.38. The molecule has 0 saturated heterocycles. The van der Waals surface area contributed by atoms with Crippen molar-refractivity contribution < 1.29 is 4.39 Å². The minimum Gasteiger partial charge on any atom is -0.384 e. The Balaban J connectivity index is 2.46. The second-order valence-corrected chi connectivity index (χ2v) is 3.39. The van der Waals surface area contributed by atoms with Crippen LogP contribution in [0.4, 0.5) is 10.1 Å². The van der Waals surface area contributed by atoms with E-state index in [2.05, 4.69) is 11.9 Å². The molecular weight excluding hydrogens is 201 g/mol. The van der Waals surface area contributed by atoms with E-state index < -0.39 is 0 Å². The number of allylic oxidation sites excluding steroid dienone is 1. The van der Waals surface area contributed by atoms with Crippen LogP contribution in [0.2, 0.25) is 5.02 Å². The topological polar surface area (TPSA) is 12.0 Å².